The summed E-state index contributed by atoms with van der Waals surface area (Å²) >= 11 is 0. The average Bonchev–Trinajstić information content (AvgIpc) is 2.10. The first-order chi connectivity index (χ1) is 6.54. The summed E-state index contributed by atoms with van der Waals surface area (Å²) in [6.45, 7) is 8.03. The Bertz CT molecular complexity index is 375. The lowest BCUT2D eigenvalue weighted by Gasteiger charge is -2.07. The molecule has 0 atom stereocenters. The van der Waals surface area contributed by atoms with Crippen molar-refractivity contribution < 1.29 is 0 Å². The average molecular weight is 189 g/mol. The molecule has 74 valence electrons. The number of rotatable bonds is 2. The fourth-order valence-corrected chi connectivity index (χ4v) is 1.25. The number of nitrogens with zero attached hydrogens (tertiary/aromatic N) is 3. The van der Waals surface area contributed by atoms with E-state index in [-0.39, 0.29) is 0 Å². The van der Waals surface area contributed by atoms with Gasteiger partial charge in [0.2, 0.25) is 0 Å². The molecule has 1 aromatic heterocycles. The molecule has 0 saturated heterocycles. The van der Waals surface area contributed by atoms with Crippen molar-refractivity contribution in [3.8, 4) is 6.07 Å². The smallest absolute Gasteiger partial charge is 0.147 e. The van der Waals surface area contributed by atoms with Crippen LogP contribution >= 0.6 is 0 Å². The number of hydrogen-bond donors (Lipinski definition) is 0. The van der Waals surface area contributed by atoms with Crippen molar-refractivity contribution in [3.63, 3.8) is 0 Å². The summed E-state index contributed by atoms with van der Waals surface area (Å²) in [6.07, 6.45) is 0.829. The van der Waals surface area contributed by atoms with Crippen molar-refractivity contribution in [3.05, 3.63) is 22.8 Å². The van der Waals surface area contributed by atoms with Crippen molar-refractivity contribution in [1.82, 2.24) is 9.97 Å². The highest BCUT2D eigenvalue weighted by atomic mass is 14.9. The number of hydrogen-bond acceptors (Lipinski definition) is 3. The van der Waals surface area contributed by atoms with Crippen LogP contribution < -0.4 is 0 Å². The Balaban J connectivity index is 3.11. The molecule has 14 heavy (non-hydrogen) atoms. The number of aromatic nitrogens is 2. The van der Waals surface area contributed by atoms with Gasteiger partial charge >= 0.3 is 0 Å². The van der Waals surface area contributed by atoms with Crippen LogP contribution in [0.4, 0.5) is 0 Å². The van der Waals surface area contributed by atoms with Gasteiger partial charge in [0.1, 0.15) is 17.6 Å². The van der Waals surface area contributed by atoms with Gasteiger partial charge in [-0.25, -0.2) is 9.97 Å². The molecule has 0 aliphatic carbocycles. The number of aryl methyl sites for hydroxylation is 1. The van der Waals surface area contributed by atoms with Gasteiger partial charge in [-0.2, -0.15) is 5.26 Å². The van der Waals surface area contributed by atoms with Crippen molar-refractivity contribution >= 4 is 0 Å². The van der Waals surface area contributed by atoms with Gasteiger partial charge in [0.05, 0.1) is 0 Å². The second-order valence-electron chi connectivity index (χ2n) is 3.91. The summed E-state index contributed by atoms with van der Waals surface area (Å²) in [7, 11) is 0. The van der Waals surface area contributed by atoms with Gasteiger partial charge in [-0.1, -0.05) is 13.8 Å². The van der Waals surface area contributed by atoms with Crippen LogP contribution in [-0.4, -0.2) is 9.97 Å². The van der Waals surface area contributed by atoms with E-state index < -0.39 is 0 Å². The molecule has 0 fully saturated rings. The lowest BCUT2D eigenvalue weighted by molar-refractivity contribution is 0.617. The van der Waals surface area contributed by atoms with Crippen LogP contribution in [0.2, 0.25) is 0 Å². The van der Waals surface area contributed by atoms with Crippen molar-refractivity contribution in [2.75, 3.05) is 0 Å². The summed E-state index contributed by atoms with van der Waals surface area (Å²) in [5.74, 6) is 1.29. The second-order valence-corrected chi connectivity index (χ2v) is 3.91. The predicted octanol–water partition coefficient (Wildman–Crippen LogP) is 2.16. The SMILES string of the molecule is Cc1nc(CC(C)C)nc(C#N)c1C. The van der Waals surface area contributed by atoms with Crippen LogP contribution in [0.25, 0.3) is 0 Å². The maximum atomic E-state index is 8.86. The zero-order valence-corrected chi connectivity index (χ0v) is 9.13. The van der Waals surface area contributed by atoms with E-state index in [1.165, 1.54) is 0 Å². The van der Waals surface area contributed by atoms with E-state index in [4.69, 9.17) is 5.26 Å². The zero-order valence-electron chi connectivity index (χ0n) is 9.13. The minimum atomic E-state index is 0.508. The van der Waals surface area contributed by atoms with Crippen molar-refractivity contribution in [2.45, 2.75) is 34.1 Å². The molecular weight excluding hydrogens is 174 g/mol. The summed E-state index contributed by atoms with van der Waals surface area (Å²) in [5.41, 5.74) is 2.31. The highest BCUT2D eigenvalue weighted by Crippen LogP contribution is 2.10. The van der Waals surface area contributed by atoms with Crippen LogP contribution in [0.5, 0.6) is 0 Å². The molecule has 3 nitrogen and oxygen atoms in total. The summed E-state index contributed by atoms with van der Waals surface area (Å²) in [4.78, 5) is 8.58. The van der Waals surface area contributed by atoms with Crippen LogP contribution in [-0.2, 0) is 6.42 Å². The molecular formula is C11H15N3. The summed E-state index contributed by atoms with van der Waals surface area (Å²) < 4.78 is 0. The van der Waals surface area contributed by atoms with Crippen LogP contribution in [0.15, 0.2) is 0 Å². The predicted molar refractivity (Wildman–Crippen MR) is 54.8 cm³/mol. The Labute approximate surface area is 84.8 Å². The molecule has 0 N–H and O–H groups in total. The lowest BCUT2D eigenvalue weighted by atomic mass is 10.1. The molecule has 0 saturated carbocycles. The molecule has 0 radical (unpaired) electrons. The van der Waals surface area contributed by atoms with E-state index >= 15 is 0 Å². The van der Waals surface area contributed by atoms with E-state index in [1.54, 1.807) is 0 Å². The maximum Gasteiger partial charge on any atom is 0.147 e. The third kappa shape index (κ3) is 2.29. The van der Waals surface area contributed by atoms with Crippen LogP contribution in [0.1, 0.15) is 36.6 Å². The van der Waals surface area contributed by atoms with E-state index in [1.807, 2.05) is 13.8 Å². The Kier molecular flexibility index (Phi) is 3.19. The summed E-state index contributed by atoms with van der Waals surface area (Å²) in [6, 6.07) is 2.10. The number of nitriles is 1. The lowest BCUT2D eigenvalue weighted by Crippen LogP contribution is -2.06. The molecule has 0 amide bonds. The Morgan fingerprint density at radius 3 is 2.43 bits per heavy atom. The fourth-order valence-electron chi connectivity index (χ4n) is 1.25. The highest BCUT2D eigenvalue weighted by molar-refractivity contribution is 5.32. The Morgan fingerprint density at radius 2 is 1.93 bits per heavy atom. The zero-order chi connectivity index (χ0) is 10.7. The summed E-state index contributed by atoms with van der Waals surface area (Å²) in [5, 5.41) is 8.86. The minimum Gasteiger partial charge on any atom is -0.238 e. The Hall–Kier alpha value is -1.43. The molecule has 0 bridgehead atoms. The highest BCUT2D eigenvalue weighted by Gasteiger charge is 2.08. The van der Waals surface area contributed by atoms with Crippen molar-refractivity contribution in [1.29, 1.82) is 5.26 Å². The van der Waals surface area contributed by atoms with Gasteiger partial charge in [-0.3, -0.25) is 0 Å². The quantitative estimate of drug-likeness (QED) is 0.716. The molecule has 0 aromatic carbocycles. The molecule has 1 rings (SSSR count). The molecule has 0 aliphatic heterocycles. The topological polar surface area (TPSA) is 49.6 Å². The first-order valence-corrected chi connectivity index (χ1v) is 4.78. The van der Waals surface area contributed by atoms with Gasteiger partial charge in [-0.05, 0) is 19.8 Å². The largest absolute Gasteiger partial charge is 0.238 e. The van der Waals surface area contributed by atoms with Gasteiger partial charge in [0.25, 0.3) is 0 Å². The normalized spacial score (nSPS) is 10.3. The van der Waals surface area contributed by atoms with Crippen LogP contribution in [0.3, 0.4) is 0 Å². The standard InChI is InChI=1S/C11H15N3/c1-7(2)5-11-13-9(4)8(3)10(6-12)14-11/h7H,5H2,1-4H3. The third-order valence-corrected chi connectivity index (χ3v) is 2.13. The maximum absolute atomic E-state index is 8.86. The molecule has 0 aliphatic rings. The van der Waals surface area contributed by atoms with Gasteiger partial charge < -0.3 is 0 Å². The molecule has 0 unspecified atom stereocenters. The monoisotopic (exact) mass is 189 g/mol. The first-order valence-electron chi connectivity index (χ1n) is 4.78. The molecule has 3 heteroatoms. The third-order valence-electron chi connectivity index (χ3n) is 2.13. The van der Waals surface area contributed by atoms with Gasteiger partial charge in [0, 0.05) is 17.7 Å². The Morgan fingerprint density at radius 1 is 1.29 bits per heavy atom. The first kappa shape index (κ1) is 10.6. The molecule has 0 spiro atoms. The van der Waals surface area contributed by atoms with E-state index in [2.05, 4.69) is 29.9 Å². The van der Waals surface area contributed by atoms with E-state index in [0.29, 0.717) is 11.6 Å². The van der Waals surface area contributed by atoms with E-state index in [0.717, 1.165) is 23.5 Å². The molecule has 1 aromatic rings. The van der Waals surface area contributed by atoms with Crippen LogP contribution in [0, 0.1) is 31.1 Å². The molecule has 1 heterocycles. The van der Waals surface area contributed by atoms with Gasteiger partial charge in [0.15, 0.2) is 0 Å². The van der Waals surface area contributed by atoms with Gasteiger partial charge in [-0.15, -0.1) is 0 Å². The minimum absolute atomic E-state index is 0.508. The fraction of sp³-hybridized carbons (Fsp3) is 0.545. The van der Waals surface area contributed by atoms with E-state index in [9.17, 15) is 0 Å². The second kappa shape index (κ2) is 4.19. The van der Waals surface area contributed by atoms with Crippen molar-refractivity contribution in [2.24, 2.45) is 5.92 Å².